The zero-order valence-corrected chi connectivity index (χ0v) is 17.7. The van der Waals surface area contributed by atoms with Crippen molar-refractivity contribution in [3.63, 3.8) is 0 Å². The minimum absolute atomic E-state index is 0.348. The van der Waals surface area contributed by atoms with Gasteiger partial charge in [0.1, 0.15) is 12.1 Å². The third-order valence-electron chi connectivity index (χ3n) is 4.74. The Hall–Kier alpha value is -2.38. The molecule has 0 spiro atoms. The molecule has 0 saturated carbocycles. The first-order valence-electron chi connectivity index (χ1n) is 8.73. The number of nitrogens with one attached hydrogen (secondary N) is 2. The highest BCUT2D eigenvalue weighted by molar-refractivity contribution is 9.10. The number of benzene rings is 2. The van der Waals surface area contributed by atoms with Crippen molar-refractivity contribution in [2.24, 2.45) is 0 Å². The van der Waals surface area contributed by atoms with E-state index in [2.05, 4.69) is 26.6 Å². The van der Waals surface area contributed by atoms with E-state index in [4.69, 9.17) is 11.6 Å². The number of carbonyl (C=O) groups is 3. The van der Waals surface area contributed by atoms with E-state index in [1.54, 1.807) is 37.3 Å². The van der Waals surface area contributed by atoms with Crippen LogP contribution in [0.2, 0.25) is 5.02 Å². The Morgan fingerprint density at radius 3 is 2.50 bits per heavy atom. The minimum Gasteiger partial charge on any atom is -0.323 e. The van der Waals surface area contributed by atoms with Gasteiger partial charge < -0.3 is 10.6 Å². The van der Waals surface area contributed by atoms with Gasteiger partial charge in [0.15, 0.2) is 0 Å². The standard InChI is InChI=1S/C20H19BrClN3O3/c1-3-20(13-5-7-14(22)8-6-13)18(27)25(19(28)24-20)11-17(26)23-16-9-4-12(2)10-15(16)21/h4-10H,3,11H2,1-2H3,(H,23,26)(H,24,28). The van der Waals surface area contributed by atoms with Crippen LogP contribution in [0, 0.1) is 6.92 Å². The van der Waals surface area contributed by atoms with Gasteiger partial charge in [0.25, 0.3) is 5.91 Å². The summed E-state index contributed by atoms with van der Waals surface area (Å²) in [6, 6.07) is 11.6. The lowest BCUT2D eigenvalue weighted by molar-refractivity contribution is -0.134. The van der Waals surface area contributed by atoms with Crippen LogP contribution in [0.5, 0.6) is 0 Å². The molecule has 1 aliphatic rings. The lowest BCUT2D eigenvalue weighted by atomic mass is 9.87. The first-order valence-corrected chi connectivity index (χ1v) is 9.90. The van der Waals surface area contributed by atoms with E-state index in [1.165, 1.54) is 0 Å². The predicted octanol–water partition coefficient (Wildman–Crippen LogP) is 4.21. The van der Waals surface area contributed by atoms with E-state index < -0.39 is 23.4 Å². The Morgan fingerprint density at radius 2 is 1.89 bits per heavy atom. The molecule has 2 aromatic rings. The van der Waals surface area contributed by atoms with Crippen LogP contribution in [0.25, 0.3) is 0 Å². The van der Waals surface area contributed by atoms with Gasteiger partial charge in [0, 0.05) is 9.50 Å². The molecule has 2 N–H and O–H groups in total. The van der Waals surface area contributed by atoms with Gasteiger partial charge in [-0.1, -0.05) is 36.7 Å². The summed E-state index contributed by atoms with van der Waals surface area (Å²) in [5, 5.41) is 6.00. The number of nitrogens with zero attached hydrogens (tertiary/aromatic N) is 1. The van der Waals surface area contributed by atoms with Crippen molar-refractivity contribution < 1.29 is 14.4 Å². The molecule has 2 aromatic carbocycles. The first kappa shape index (κ1) is 20.4. The molecule has 1 saturated heterocycles. The number of carbonyl (C=O) groups excluding carboxylic acids is 3. The molecule has 0 aromatic heterocycles. The second-order valence-electron chi connectivity index (χ2n) is 6.62. The molecule has 0 aliphatic carbocycles. The Labute approximate surface area is 176 Å². The Morgan fingerprint density at radius 1 is 1.21 bits per heavy atom. The fourth-order valence-corrected chi connectivity index (χ4v) is 3.92. The number of hydrogen-bond donors (Lipinski definition) is 2. The van der Waals surface area contributed by atoms with E-state index in [0.29, 0.717) is 22.7 Å². The van der Waals surface area contributed by atoms with Crippen LogP contribution in [0.3, 0.4) is 0 Å². The fraction of sp³-hybridized carbons (Fsp3) is 0.250. The lowest BCUT2D eigenvalue weighted by Crippen LogP contribution is -2.44. The summed E-state index contributed by atoms with van der Waals surface area (Å²) in [5.41, 5.74) is 1.03. The van der Waals surface area contributed by atoms with Gasteiger partial charge >= 0.3 is 6.03 Å². The van der Waals surface area contributed by atoms with Gasteiger partial charge in [-0.05, 0) is 64.7 Å². The second-order valence-corrected chi connectivity index (χ2v) is 7.91. The molecule has 0 bridgehead atoms. The first-order chi connectivity index (χ1) is 13.3. The summed E-state index contributed by atoms with van der Waals surface area (Å²) in [5.74, 6) is -0.920. The van der Waals surface area contributed by atoms with Crippen LogP contribution in [-0.4, -0.2) is 29.3 Å². The fourth-order valence-electron chi connectivity index (χ4n) is 3.20. The summed E-state index contributed by atoms with van der Waals surface area (Å²) in [6.07, 6.45) is 0.348. The number of hydrogen-bond acceptors (Lipinski definition) is 3. The number of rotatable bonds is 5. The molecule has 1 unspecified atom stereocenters. The van der Waals surface area contributed by atoms with Crippen molar-refractivity contribution in [2.45, 2.75) is 25.8 Å². The Balaban J connectivity index is 1.79. The van der Waals surface area contributed by atoms with Crippen molar-refractivity contribution in [1.82, 2.24) is 10.2 Å². The minimum atomic E-state index is -1.20. The summed E-state index contributed by atoms with van der Waals surface area (Å²) < 4.78 is 0.724. The van der Waals surface area contributed by atoms with E-state index in [-0.39, 0.29) is 6.54 Å². The van der Waals surface area contributed by atoms with Crippen LogP contribution in [0.1, 0.15) is 24.5 Å². The van der Waals surface area contributed by atoms with E-state index in [1.807, 2.05) is 19.1 Å². The lowest BCUT2D eigenvalue weighted by Gasteiger charge is -2.25. The topological polar surface area (TPSA) is 78.5 Å². The van der Waals surface area contributed by atoms with E-state index >= 15 is 0 Å². The zero-order chi connectivity index (χ0) is 20.5. The van der Waals surface area contributed by atoms with Crippen molar-refractivity contribution >= 4 is 51.1 Å². The Bertz CT molecular complexity index is 948. The normalized spacial score (nSPS) is 18.9. The molecular weight excluding hydrogens is 446 g/mol. The molecule has 1 fully saturated rings. The molecule has 4 amide bonds. The quantitative estimate of drug-likeness (QED) is 0.651. The number of urea groups is 1. The molecule has 1 heterocycles. The van der Waals surface area contributed by atoms with Crippen molar-refractivity contribution in [3.05, 3.63) is 63.1 Å². The highest BCUT2D eigenvalue weighted by Crippen LogP contribution is 2.33. The number of imide groups is 1. The summed E-state index contributed by atoms with van der Waals surface area (Å²) in [4.78, 5) is 38.9. The highest BCUT2D eigenvalue weighted by atomic mass is 79.9. The summed E-state index contributed by atoms with van der Waals surface area (Å²) in [6.45, 7) is 3.37. The second kappa shape index (κ2) is 7.93. The van der Waals surface area contributed by atoms with Crippen LogP contribution in [0.15, 0.2) is 46.9 Å². The molecular formula is C20H19BrClN3O3. The number of anilines is 1. The van der Waals surface area contributed by atoms with Crippen LogP contribution in [0.4, 0.5) is 10.5 Å². The van der Waals surface area contributed by atoms with Gasteiger partial charge in [-0.2, -0.15) is 0 Å². The molecule has 0 radical (unpaired) electrons. The summed E-state index contributed by atoms with van der Waals surface area (Å²) in [7, 11) is 0. The van der Waals surface area contributed by atoms with Crippen LogP contribution < -0.4 is 10.6 Å². The zero-order valence-electron chi connectivity index (χ0n) is 15.4. The van der Waals surface area contributed by atoms with Crippen molar-refractivity contribution in [3.8, 4) is 0 Å². The van der Waals surface area contributed by atoms with Gasteiger partial charge in [-0.3, -0.25) is 14.5 Å². The smallest absolute Gasteiger partial charge is 0.323 e. The average Bonchev–Trinajstić information content (AvgIpc) is 2.90. The SMILES string of the molecule is CCC1(c2ccc(Cl)cc2)NC(=O)N(CC(=O)Nc2ccc(C)cc2Br)C1=O. The molecule has 8 heteroatoms. The van der Waals surface area contributed by atoms with Crippen LogP contribution in [-0.2, 0) is 15.1 Å². The Kier molecular flexibility index (Phi) is 5.76. The largest absolute Gasteiger partial charge is 0.325 e. The number of amides is 4. The summed E-state index contributed by atoms with van der Waals surface area (Å²) >= 11 is 9.32. The maximum atomic E-state index is 13.1. The van der Waals surface area contributed by atoms with Crippen molar-refractivity contribution in [1.29, 1.82) is 0 Å². The molecule has 6 nitrogen and oxygen atoms in total. The molecule has 1 aliphatic heterocycles. The third kappa shape index (κ3) is 3.77. The monoisotopic (exact) mass is 463 g/mol. The van der Waals surface area contributed by atoms with E-state index in [0.717, 1.165) is 14.9 Å². The molecule has 1 atom stereocenters. The number of aryl methyl sites for hydroxylation is 1. The average molecular weight is 465 g/mol. The molecule has 146 valence electrons. The molecule has 28 heavy (non-hydrogen) atoms. The highest BCUT2D eigenvalue weighted by Gasteiger charge is 2.51. The van der Waals surface area contributed by atoms with Gasteiger partial charge in [-0.15, -0.1) is 0 Å². The van der Waals surface area contributed by atoms with Gasteiger partial charge in [0.2, 0.25) is 5.91 Å². The predicted molar refractivity (Wildman–Crippen MR) is 111 cm³/mol. The molecule has 3 rings (SSSR count). The van der Waals surface area contributed by atoms with Crippen molar-refractivity contribution in [2.75, 3.05) is 11.9 Å². The number of halogens is 2. The van der Waals surface area contributed by atoms with Gasteiger partial charge in [-0.25, -0.2) is 4.79 Å². The maximum absolute atomic E-state index is 13.1. The van der Waals surface area contributed by atoms with Gasteiger partial charge in [0.05, 0.1) is 5.69 Å². The van der Waals surface area contributed by atoms with E-state index in [9.17, 15) is 14.4 Å². The maximum Gasteiger partial charge on any atom is 0.325 e. The third-order valence-corrected chi connectivity index (χ3v) is 5.65. The van der Waals surface area contributed by atoms with Crippen LogP contribution >= 0.6 is 27.5 Å².